The van der Waals surface area contributed by atoms with Crippen LogP contribution in [0, 0.1) is 5.92 Å². The van der Waals surface area contributed by atoms with Crippen LogP contribution in [0.3, 0.4) is 0 Å². The molecule has 8 atom stereocenters. The summed E-state index contributed by atoms with van der Waals surface area (Å²) in [6, 6.07) is 0. The van der Waals surface area contributed by atoms with Crippen LogP contribution >= 0.6 is 0 Å². The van der Waals surface area contributed by atoms with Crippen molar-refractivity contribution >= 4 is 9.84 Å². The van der Waals surface area contributed by atoms with E-state index in [0.717, 1.165) is 12.8 Å². The Labute approximate surface area is 269 Å². The molecule has 11 nitrogen and oxygen atoms in total. The van der Waals surface area contributed by atoms with E-state index >= 15 is 0 Å². The zero-order chi connectivity index (χ0) is 33.4. The lowest BCUT2D eigenvalue weighted by Gasteiger charge is -2.23. The van der Waals surface area contributed by atoms with Crippen LogP contribution in [0.1, 0.15) is 74.7 Å². The zero-order valence-corrected chi connectivity index (χ0v) is 30.2. The Kier molecular flexibility index (Phi) is 26.4. The van der Waals surface area contributed by atoms with Crippen LogP contribution in [-0.2, 0) is 52.5 Å². The SMILES string of the molecule is COCCOCC(C)OCC(C)OCC(C)OCC(C)OCC(C)OCC(C)OCC(C)OCC(C)CCCCS(C)(=O)=O. The van der Waals surface area contributed by atoms with Crippen LogP contribution in [0.2, 0.25) is 0 Å². The van der Waals surface area contributed by atoms with Crippen molar-refractivity contribution in [2.24, 2.45) is 5.92 Å². The van der Waals surface area contributed by atoms with Gasteiger partial charge in [0.2, 0.25) is 0 Å². The highest BCUT2D eigenvalue weighted by Crippen LogP contribution is 2.11. The van der Waals surface area contributed by atoms with Crippen LogP contribution < -0.4 is 0 Å². The second kappa shape index (κ2) is 26.6. The van der Waals surface area contributed by atoms with Crippen LogP contribution in [0.25, 0.3) is 0 Å². The molecule has 0 spiro atoms. The molecular formula is C32H66O11S. The van der Waals surface area contributed by atoms with E-state index in [2.05, 4.69) is 6.92 Å². The van der Waals surface area contributed by atoms with Gasteiger partial charge in [0.1, 0.15) is 9.84 Å². The molecule has 0 aliphatic rings. The van der Waals surface area contributed by atoms with E-state index in [1.54, 1.807) is 7.11 Å². The van der Waals surface area contributed by atoms with E-state index in [9.17, 15) is 8.42 Å². The first-order valence-electron chi connectivity index (χ1n) is 16.3. The van der Waals surface area contributed by atoms with Crippen molar-refractivity contribution in [3.8, 4) is 0 Å². The molecule has 0 aromatic carbocycles. The molecule has 0 aromatic heterocycles. The molecule has 8 unspecified atom stereocenters. The van der Waals surface area contributed by atoms with Crippen LogP contribution in [0.5, 0.6) is 0 Å². The third-order valence-electron chi connectivity index (χ3n) is 6.60. The van der Waals surface area contributed by atoms with Crippen molar-refractivity contribution in [2.75, 3.05) is 85.2 Å². The van der Waals surface area contributed by atoms with Crippen molar-refractivity contribution in [1.29, 1.82) is 0 Å². The largest absolute Gasteiger partial charge is 0.382 e. The highest BCUT2D eigenvalue weighted by Gasteiger charge is 2.15. The fraction of sp³-hybridized carbons (Fsp3) is 1.00. The minimum Gasteiger partial charge on any atom is -0.382 e. The van der Waals surface area contributed by atoms with Gasteiger partial charge in [-0.15, -0.1) is 0 Å². The van der Waals surface area contributed by atoms with Crippen molar-refractivity contribution in [1.82, 2.24) is 0 Å². The van der Waals surface area contributed by atoms with Gasteiger partial charge < -0.3 is 42.6 Å². The molecule has 0 heterocycles. The first kappa shape index (κ1) is 43.6. The highest BCUT2D eigenvalue weighted by molar-refractivity contribution is 7.90. The molecule has 0 saturated heterocycles. The van der Waals surface area contributed by atoms with Gasteiger partial charge in [-0.05, 0) is 67.2 Å². The lowest BCUT2D eigenvalue weighted by Crippen LogP contribution is -2.30. The molecule has 0 aliphatic heterocycles. The Bertz CT molecular complexity index is 754. The molecule has 0 rings (SSSR count). The topological polar surface area (TPSA) is 117 Å². The number of ether oxygens (including phenoxy) is 9. The van der Waals surface area contributed by atoms with E-state index < -0.39 is 9.84 Å². The fourth-order valence-electron chi connectivity index (χ4n) is 3.80. The van der Waals surface area contributed by atoms with E-state index in [1.807, 2.05) is 48.5 Å². The molecule has 12 heteroatoms. The van der Waals surface area contributed by atoms with E-state index in [-0.39, 0.29) is 48.5 Å². The van der Waals surface area contributed by atoms with Gasteiger partial charge >= 0.3 is 0 Å². The van der Waals surface area contributed by atoms with Gasteiger partial charge in [0.05, 0.1) is 102 Å². The van der Waals surface area contributed by atoms with Gasteiger partial charge in [-0.2, -0.15) is 0 Å². The highest BCUT2D eigenvalue weighted by atomic mass is 32.2. The molecule has 0 fully saturated rings. The first-order chi connectivity index (χ1) is 20.7. The van der Waals surface area contributed by atoms with E-state index in [1.165, 1.54) is 6.26 Å². The molecular weight excluding hydrogens is 592 g/mol. The van der Waals surface area contributed by atoms with Gasteiger partial charge in [0.25, 0.3) is 0 Å². The number of hydrogen-bond donors (Lipinski definition) is 0. The number of sulfone groups is 1. The van der Waals surface area contributed by atoms with Crippen LogP contribution in [-0.4, -0.2) is 136 Å². The monoisotopic (exact) mass is 658 g/mol. The Morgan fingerprint density at radius 3 is 1.16 bits per heavy atom. The van der Waals surface area contributed by atoms with Gasteiger partial charge in [-0.3, -0.25) is 0 Å². The maximum absolute atomic E-state index is 11.2. The summed E-state index contributed by atoms with van der Waals surface area (Å²) in [5.74, 6) is 0.631. The Morgan fingerprint density at radius 2 is 0.818 bits per heavy atom. The third kappa shape index (κ3) is 29.0. The second-order valence-electron chi connectivity index (χ2n) is 12.3. The van der Waals surface area contributed by atoms with Gasteiger partial charge in [0, 0.05) is 25.7 Å². The number of rotatable bonds is 31. The minimum absolute atomic E-state index is 0.00575. The van der Waals surface area contributed by atoms with Crippen LogP contribution in [0.15, 0.2) is 0 Å². The Hall–Kier alpha value is -0.410. The lowest BCUT2D eigenvalue weighted by molar-refractivity contribution is -0.108. The summed E-state index contributed by atoms with van der Waals surface area (Å²) in [4.78, 5) is 0. The predicted molar refractivity (Wildman–Crippen MR) is 173 cm³/mol. The van der Waals surface area contributed by atoms with E-state index in [4.69, 9.17) is 42.6 Å². The number of methoxy groups -OCH3 is 1. The maximum atomic E-state index is 11.2. The number of unbranched alkanes of at least 4 members (excludes halogenated alkanes) is 1. The van der Waals surface area contributed by atoms with Gasteiger partial charge in [-0.25, -0.2) is 8.42 Å². The smallest absolute Gasteiger partial charge is 0.147 e. The summed E-state index contributed by atoms with van der Waals surface area (Å²) < 4.78 is 74.0. The molecule has 0 amide bonds. The first-order valence-corrected chi connectivity index (χ1v) is 18.3. The molecule has 0 radical (unpaired) electrons. The molecule has 0 aromatic rings. The Morgan fingerprint density at radius 1 is 0.477 bits per heavy atom. The molecule has 44 heavy (non-hydrogen) atoms. The summed E-state index contributed by atoms with van der Waals surface area (Å²) >= 11 is 0. The average molecular weight is 659 g/mol. The second-order valence-corrected chi connectivity index (χ2v) is 14.6. The van der Waals surface area contributed by atoms with Crippen molar-refractivity contribution < 1.29 is 51.0 Å². The third-order valence-corrected chi connectivity index (χ3v) is 7.63. The summed E-state index contributed by atoms with van der Waals surface area (Å²) in [6.07, 6.45) is 3.47. The summed E-state index contributed by atoms with van der Waals surface area (Å²) in [6.45, 7) is 21.2. The number of hydrogen-bond acceptors (Lipinski definition) is 11. The van der Waals surface area contributed by atoms with Gasteiger partial charge in [-0.1, -0.05) is 13.3 Å². The van der Waals surface area contributed by atoms with Gasteiger partial charge in [0.15, 0.2) is 0 Å². The van der Waals surface area contributed by atoms with Crippen molar-refractivity contribution in [3.05, 3.63) is 0 Å². The fourth-order valence-corrected chi connectivity index (χ4v) is 4.52. The predicted octanol–water partition coefficient (Wildman–Crippen LogP) is 4.34. The average Bonchev–Trinajstić information content (AvgIpc) is 2.97. The molecule has 0 N–H and O–H groups in total. The summed E-state index contributed by atoms with van der Waals surface area (Å²) in [7, 11) is -1.23. The molecule has 0 saturated carbocycles. The summed E-state index contributed by atoms with van der Waals surface area (Å²) in [5, 5.41) is 0. The minimum atomic E-state index is -2.88. The zero-order valence-electron chi connectivity index (χ0n) is 29.4. The van der Waals surface area contributed by atoms with E-state index in [0.29, 0.717) is 78.4 Å². The lowest BCUT2D eigenvalue weighted by atomic mass is 10.1. The Balaban J connectivity index is 3.87. The molecule has 0 aliphatic carbocycles. The maximum Gasteiger partial charge on any atom is 0.147 e. The standard InChI is InChI=1S/C32H66O11S/c1-25(13-11-12-16-44(10,33)34)17-37-27(3)19-39-29(5)21-41-31(7)23-43-32(8)24-42-30(6)22-40-28(4)20-38-26(2)18-36-15-14-35-9/h25-32H,11-24H2,1-10H3. The van der Waals surface area contributed by atoms with Crippen molar-refractivity contribution in [3.63, 3.8) is 0 Å². The quantitative estimate of drug-likeness (QED) is 0.0991. The normalized spacial score (nSPS) is 18.0. The molecule has 266 valence electrons. The summed E-state index contributed by atoms with van der Waals surface area (Å²) in [5.41, 5.74) is 0. The van der Waals surface area contributed by atoms with Crippen LogP contribution in [0.4, 0.5) is 0 Å². The molecule has 0 bridgehead atoms. The van der Waals surface area contributed by atoms with Crippen molar-refractivity contribution in [2.45, 2.75) is 117 Å².